The lowest BCUT2D eigenvalue weighted by Gasteiger charge is -2.00. The molecule has 0 amide bonds. The Kier molecular flexibility index (Phi) is 2.36. The van der Waals surface area contributed by atoms with Crippen molar-refractivity contribution in [3.8, 4) is 0 Å². The van der Waals surface area contributed by atoms with Crippen molar-refractivity contribution in [2.75, 3.05) is 6.67 Å². The summed E-state index contributed by atoms with van der Waals surface area (Å²) in [5.41, 5.74) is 0.186. The van der Waals surface area contributed by atoms with E-state index in [1.54, 1.807) is 6.92 Å². The van der Waals surface area contributed by atoms with Gasteiger partial charge in [-0.1, -0.05) is 0 Å². The molecule has 0 radical (unpaired) electrons. The van der Waals surface area contributed by atoms with Crippen LogP contribution in [0.25, 0.3) is 0 Å². The van der Waals surface area contributed by atoms with Crippen LogP contribution >= 0.6 is 0 Å². The minimum absolute atomic E-state index is 0.113. The SMILES string of the molecule is Cc1nccn(CCF)c1=O. The van der Waals surface area contributed by atoms with Crippen molar-refractivity contribution >= 4 is 0 Å². The summed E-state index contributed by atoms with van der Waals surface area (Å²) >= 11 is 0. The molecule has 0 aliphatic carbocycles. The van der Waals surface area contributed by atoms with Crippen LogP contribution in [0.5, 0.6) is 0 Å². The highest BCUT2D eigenvalue weighted by molar-refractivity contribution is 4.93. The summed E-state index contributed by atoms with van der Waals surface area (Å²) in [4.78, 5) is 14.9. The van der Waals surface area contributed by atoms with Gasteiger partial charge in [-0.25, -0.2) is 4.39 Å². The first-order valence-corrected chi connectivity index (χ1v) is 3.33. The summed E-state index contributed by atoms with van der Waals surface area (Å²) in [7, 11) is 0. The molecule has 1 aromatic heterocycles. The molecule has 0 spiro atoms. The summed E-state index contributed by atoms with van der Waals surface area (Å²) in [6, 6.07) is 0. The highest BCUT2D eigenvalue weighted by atomic mass is 19.1. The molecule has 0 fully saturated rings. The van der Waals surface area contributed by atoms with Crippen LogP contribution in [0, 0.1) is 6.92 Å². The fourth-order valence-electron chi connectivity index (χ4n) is 0.823. The molecule has 0 unspecified atom stereocenters. The zero-order valence-corrected chi connectivity index (χ0v) is 6.25. The van der Waals surface area contributed by atoms with Gasteiger partial charge in [-0.3, -0.25) is 9.78 Å². The van der Waals surface area contributed by atoms with E-state index in [2.05, 4.69) is 4.98 Å². The van der Waals surface area contributed by atoms with Crippen LogP contribution in [0.15, 0.2) is 17.2 Å². The molecule has 3 nitrogen and oxygen atoms in total. The molecular formula is C7H9FN2O. The van der Waals surface area contributed by atoms with Crippen molar-refractivity contribution in [1.29, 1.82) is 0 Å². The standard InChI is InChI=1S/C7H9FN2O/c1-6-7(11)10(4-2-8)5-3-9-6/h3,5H,2,4H2,1H3. The van der Waals surface area contributed by atoms with Gasteiger partial charge in [-0.05, 0) is 6.92 Å². The van der Waals surface area contributed by atoms with E-state index in [1.165, 1.54) is 17.0 Å². The first kappa shape index (κ1) is 7.91. The molecular weight excluding hydrogens is 147 g/mol. The first-order chi connectivity index (χ1) is 5.25. The summed E-state index contributed by atoms with van der Waals surface area (Å²) in [5.74, 6) is 0. The Balaban J connectivity index is 3.07. The molecule has 1 rings (SSSR count). The van der Waals surface area contributed by atoms with Crippen molar-refractivity contribution in [1.82, 2.24) is 9.55 Å². The largest absolute Gasteiger partial charge is 0.310 e. The van der Waals surface area contributed by atoms with E-state index >= 15 is 0 Å². The Bertz CT molecular complexity index is 295. The highest BCUT2D eigenvalue weighted by Gasteiger charge is 1.97. The van der Waals surface area contributed by atoms with Gasteiger partial charge >= 0.3 is 0 Å². The van der Waals surface area contributed by atoms with Gasteiger partial charge in [0.25, 0.3) is 5.56 Å². The Hall–Kier alpha value is -1.19. The summed E-state index contributed by atoms with van der Waals surface area (Å²) in [5, 5.41) is 0. The molecule has 4 heteroatoms. The second-order valence-electron chi connectivity index (χ2n) is 2.20. The molecule has 0 N–H and O–H groups in total. The van der Waals surface area contributed by atoms with Crippen molar-refractivity contribution < 1.29 is 4.39 Å². The number of rotatable bonds is 2. The Morgan fingerprint density at radius 1 is 1.73 bits per heavy atom. The Morgan fingerprint density at radius 2 is 2.45 bits per heavy atom. The maximum Gasteiger partial charge on any atom is 0.272 e. The van der Waals surface area contributed by atoms with E-state index in [4.69, 9.17) is 0 Å². The smallest absolute Gasteiger partial charge is 0.272 e. The maximum atomic E-state index is 11.8. The van der Waals surface area contributed by atoms with Crippen LogP contribution in [0.3, 0.4) is 0 Å². The van der Waals surface area contributed by atoms with Gasteiger partial charge in [0.15, 0.2) is 0 Å². The summed E-state index contributed by atoms with van der Waals surface area (Å²) in [6.45, 7) is 1.20. The Labute approximate surface area is 63.5 Å². The quantitative estimate of drug-likeness (QED) is 0.625. The molecule has 0 atom stereocenters. The minimum atomic E-state index is -0.524. The topological polar surface area (TPSA) is 34.9 Å². The summed E-state index contributed by atoms with van der Waals surface area (Å²) in [6.07, 6.45) is 2.97. The van der Waals surface area contributed by atoms with E-state index in [9.17, 15) is 9.18 Å². The highest BCUT2D eigenvalue weighted by Crippen LogP contribution is 1.83. The second-order valence-corrected chi connectivity index (χ2v) is 2.20. The number of aromatic nitrogens is 2. The minimum Gasteiger partial charge on any atom is -0.310 e. The van der Waals surface area contributed by atoms with E-state index < -0.39 is 6.67 Å². The molecule has 1 aromatic rings. The number of nitrogens with zero attached hydrogens (tertiary/aromatic N) is 2. The predicted molar refractivity (Wildman–Crippen MR) is 39.2 cm³/mol. The number of hydrogen-bond acceptors (Lipinski definition) is 2. The number of aryl methyl sites for hydroxylation is 2. The molecule has 0 aliphatic rings. The molecule has 0 saturated heterocycles. The number of alkyl halides is 1. The summed E-state index contributed by atoms with van der Waals surface area (Å²) < 4.78 is 13.1. The van der Waals surface area contributed by atoms with E-state index in [0.29, 0.717) is 5.69 Å². The van der Waals surface area contributed by atoms with Gasteiger partial charge in [0.2, 0.25) is 0 Å². The van der Waals surface area contributed by atoms with E-state index in [-0.39, 0.29) is 12.1 Å². The van der Waals surface area contributed by atoms with Crippen LogP contribution in [-0.4, -0.2) is 16.2 Å². The van der Waals surface area contributed by atoms with Crippen LogP contribution in [0.4, 0.5) is 4.39 Å². The van der Waals surface area contributed by atoms with Crippen molar-refractivity contribution in [2.24, 2.45) is 0 Å². The zero-order chi connectivity index (χ0) is 8.27. The van der Waals surface area contributed by atoms with Gasteiger partial charge in [0.05, 0.1) is 6.54 Å². The molecule has 0 aliphatic heterocycles. The molecule has 11 heavy (non-hydrogen) atoms. The third-order valence-electron chi connectivity index (χ3n) is 1.41. The lowest BCUT2D eigenvalue weighted by molar-refractivity contribution is 0.439. The van der Waals surface area contributed by atoms with Crippen LogP contribution in [0.1, 0.15) is 5.69 Å². The van der Waals surface area contributed by atoms with Crippen LogP contribution in [0.2, 0.25) is 0 Å². The van der Waals surface area contributed by atoms with Crippen molar-refractivity contribution in [2.45, 2.75) is 13.5 Å². The lowest BCUT2D eigenvalue weighted by atomic mass is 10.5. The van der Waals surface area contributed by atoms with Gasteiger partial charge in [-0.2, -0.15) is 0 Å². The average Bonchev–Trinajstić information content (AvgIpc) is 1.99. The van der Waals surface area contributed by atoms with Gasteiger partial charge < -0.3 is 4.57 Å². The van der Waals surface area contributed by atoms with E-state index in [0.717, 1.165) is 0 Å². The van der Waals surface area contributed by atoms with Gasteiger partial charge in [0, 0.05) is 12.4 Å². The third kappa shape index (κ3) is 1.63. The Morgan fingerprint density at radius 3 is 3.09 bits per heavy atom. The van der Waals surface area contributed by atoms with Gasteiger partial charge in [-0.15, -0.1) is 0 Å². The average molecular weight is 156 g/mol. The molecule has 0 bridgehead atoms. The normalized spacial score (nSPS) is 10.0. The molecule has 60 valence electrons. The van der Waals surface area contributed by atoms with Crippen LogP contribution in [-0.2, 0) is 6.54 Å². The van der Waals surface area contributed by atoms with Crippen molar-refractivity contribution in [3.05, 3.63) is 28.4 Å². The molecule has 0 aromatic carbocycles. The number of halogens is 1. The third-order valence-corrected chi connectivity index (χ3v) is 1.41. The van der Waals surface area contributed by atoms with Crippen molar-refractivity contribution in [3.63, 3.8) is 0 Å². The molecule has 0 saturated carbocycles. The fourth-order valence-corrected chi connectivity index (χ4v) is 0.823. The molecule has 1 heterocycles. The zero-order valence-electron chi connectivity index (χ0n) is 6.25. The monoisotopic (exact) mass is 156 g/mol. The van der Waals surface area contributed by atoms with Gasteiger partial charge in [0.1, 0.15) is 12.4 Å². The van der Waals surface area contributed by atoms with E-state index in [1.807, 2.05) is 0 Å². The second kappa shape index (κ2) is 3.27. The maximum absolute atomic E-state index is 11.8. The predicted octanol–water partition coefficient (Wildman–Crippen LogP) is 0.521. The first-order valence-electron chi connectivity index (χ1n) is 3.33. The fraction of sp³-hybridized carbons (Fsp3) is 0.429. The van der Waals surface area contributed by atoms with Crippen LogP contribution < -0.4 is 5.56 Å². The lowest BCUT2D eigenvalue weighted by Crippen LogP contribution is -2.23. The number of hydrogen-bond donors (Lipinski definition) is 0.